The summed E-state index contributed by atoms with van der Waals surface area (Å²) in [5.41, 5.74) is 2.25. The number of carbonyl (C=O) groups excluding carboxylic acids is 1. The molecule has 0 unspecified atom stereocenters. The van der Waals surface area contributed by atoms with Crippen LogP contribution in [0.5, 0.6) is 0 Å². The molecule has 5 nitrogen and oxygen atoms in total. The predicted octanol–water partition coefficient (Wildman–Crippen LogP) is 3.42. The molecule has 0 aliphatic carbocycles. The molecular weight excluding hydrogens is 338 g/mol. The van der Waals surface area contributed by atoms with E-state index in [2.05, 4.69) is 13.8 Å². The third kappa shape index (κ3) is 4.67. The van der Waals surface area contributed by atoms with Crippen LogP contribution < -0.4 is 0 Å². The van der Waals surface area contributed by atoms with Crippen LogP contribution in [-0.4, -0.2) is 32.8 Å². The Labute approximate surface area is 149 Å². The molecule has 6 heteroatoms. The minimum atomic E-state index is -3.51. The monoisotopic (exact) mass is 361 g/mol. The van der Waals surface area contributed by atoms with Gasteiger partial charge in [0.1, 0.15) is 6.61 Å². The molecule has 134 valence electrons. The lowest BCUT2D eigenvalue weighted by molar-refractivity contribution is 0.0472. The van der Waals surface area contributed by atoms with Crippen molar-refractivity contribution in [2.24, 2.45) is 0 Å². The maximum absolute atomic E-state index is 12.1. The summed E-state index contributed by atoms with van der Waals surface area (Å²) in [6.07, 6.45) is 0. The first kappa shape index (κ1) is 19.1. The zero-order valence-electron chi connectivity index (χ0n) is 14.9. The normalized spacial score (nSPS) is 11.8. The topological polar surface area (TPSA) is 63.7 Å². The summed E-state index contributed by atoms with van der Waals surface area (Å²) in [6.45, 7) is 4.19. The SMILES string of the molecule is CC(C)c1ccc(C(=O)OCc2cccc(S(=O)(=O)N(C)C)c2)cc1. The van der Waals surface area contributed by atoms with E-state index in [4.69, 9.17) is 4.74 Å². The fraction of sp³-hybridized carbons (Fsp3) is 0.316. The molecule has 0 fully saturated rings. The lowest BCUT2D eigenvalue weighted by Gasteiger charge is -2.12. The Balaban J connectivity index is 2.07. The molecule has 0 heterocycles. The summed E-state index contributed by atoms with van der Waals surface area (Å²) in [6, 6.07) is 13.7. The van der Waals surface area contributed by atoms with Gasteiger partial charge in [-0.25, -0.2) is 17.5 Å². The van der Waals surface area contributed by atoms with Gasteiger partial charge in [0.2, 0.25) is 10.0 Å². The molecule has 0 aliphatic rings. The van der Waals surface area contributed by atoms with Crippen molar-refractivity contribution in [1.82, 2.24) is 4.31 Å². The van der Waals surface area contributed by atoms with Crippen molar-refractivity contribution in [2.45, 2.75) is 31.3 Å². The van der Waals surface area contributed by atoms with Crippen molar-refractivity contribution >= 4 is 16.0 Å². The fourth-order valence-corrected chi connectivity index (χ4v) is 3.22. The van der Waals surface area contributed by atoms with E-state index in [9.17, 15) is 13.2 Å². The van der Waals surface area contributed by atoms with Gasteiger partial charge in [0.25, 0.3) is 0 Å². The summed E-state index contributed by atoms with van der Waals surface area (Å²) in [4.78, 5) is 12.3. The highest BCUT2D eigenvalue weighted by Crippen LogP contribution is 2.17. The van der Waals surface area contributed by atoms with E-state index < -0.39 is 16.0 Å². The molecule has 2 aromatic rings. The summed E-state index contributed by atoms with van der Waals surface area (Å²) in [5, 5.41) is 0. The first-order valence-corrected chi connectivity index (χ1v) is 9.44. The third-order valence-electron chi connectivity index (χ3n) is 3.86. The summed E-state index contributed by atoms with van der Waals surface area (Å²) in [5.74, 6) is -0.0392. The highest BCUT2D eigenvalue weighted by molar-refractivity contribution is 7.89. The van der Waals surface area contributed by atoms with Crippen molar-refractivity contribution in [1.29, 1.82) is 0 Å². The number of carbonyl (C=O) groups is 1. The number of ether oxygens (including phenoxy) is 1. The van der Waals surface area contributed by atoms with Gasteiger partial charge in [-0.3, -0.25) is 0 Å². The number of hydrogen-bond donors (Lipinski definition) is 0. The molecule has 0 atom stereocenters. The highest BCUT2D eigenvalue weighted by Gasteiger charge is 2.17. The Morgan fingerprint density at radius 1 is 1.08 bits per heavy atom. The maximum Gasteiger partial charge on any atom is 0.338 e. The number of hydrogen-bond acceptors (Lipinski definition) is 4. The summed E-state index contributed by atoms with van der Waals surface area (Å²) >= 11 is 0. The van der Waals surface area contributed by atoms with Crippen LogP contribution in [0.4, 0.5) is 0 Å². The fourth-order valence-electron chi connectivity index (χ4n) is 2.24. The maximum atomic E-state index is 12.1. The van der Waals surface area contributed by atoms with Crippen LogP contribution in [0.25, 0.3) is 0 Å². The molecule has 0 spiro atoms. The largest absolute Gasteiger partial charge is 0.457 e. The molecule has 0 N–H and O–H groups in total. The van der Waals surface area contributed by atoms with Gasteiger partial charge in [0.05, 0.1) is 10.5 Å². The quantitative estimate of drug-likeness (QED) is 0.740. The molecule has 0 radical (unpaired) electrons. The average Bonchev–Trinajstić information content (AvgIpc) is 2.59. The van der Waals surface area contributed by atoms with E-state index in [-0.39, 0.29) is 11.5 Å². The number of benzene rings is 2. The van der Waals surface area contributed by atoms with Crippen LogP contribution in [0.3, 0.4) is 0 Å². The standard InChI is InChI=1S/C19H23NO4S/c1-14(2)16-8-10-17(11-9-16)19(21)24-13-15-6-5-7-18(12-15)25(22,23)20(3)4/h5-12,14H,13H2,1-4H3. The zero-order chi connectivity index (χ0) is 18.6. The first-order chi connectivity index (χ1) is 11.7. The molecule has 25 heavy (non-hydrogen) atoms. The second-order valence-electron chi connectivity index (χ2n) is 6.29. The second kappa shape index (κ2) is 7.80. The average molecular weight is 361 g/mol. The Hall–Kier alpha value is -2.18. The molecule has 0 aliphatic heterocycles. The van der Waals surface area contributed by atoms with Crippen molar-refractivity contribution in [3.63, 3.8) is 0 Å². The van der Waals surface area contributed by atoms with Gasteiger partial charge in [0.15, 0.2) is 0 Å². The molecule has 0 saturated heterocycles. The van der Waals surface area contributed by atoms with E-state index in [1.807, 2.05) is 12.1 Å². The molecule has 0 saturated carbocycles. The minimum absolute atomic E-state index is 0.0154. The van der Waals surface area contributed by atoms with Gasteiger partial charge < -0.3 is 4.74 Å². The number of esters is 1. The van der Waals surface area contributed by atoms with Crippen molar-refractivity contribution in [2.75, 3.05) is 14.1 Å². The predicted molar refractivity (Wildman–Crippen MR) is 97.0 cm³/mol. The summed E-state index contributed by atoms with van der Waals surface area (Å²) in [7, 11) is -0.560. The zero-order valence-corrected chi connectivity index (χ0v) is 15.7. The van der Waals surface area contributed by atoms with Crippen LogP contribution in [0, 0.1) is 0 Å². The van der Waals surface area contributed by atoms with E-state index in [0.29, 0.717) is 17.0 Å². The lowest BCUT2D eigenvalue weighted by atomic mass is 10.0. The van der Waals surface area contributed by atoms with E-state index in [1.54, 1.807) is 24.3 Å². The van der Waals surface area contributed by atoms with Crippen LogP contribution in [-0.2, 0) is 21.4 Å². The van der Waals surface area contributed by atoms with E-state index in [1.165, 1.54) is 26.2 Å². The second-order valence-corrected chi connectivity index (χ2v) is 8.44. The van der Waals surface area contributed by atoms with E-state index in [0.717, 1.165) is 9.87 Å². The molecule has 0 aromatic heterocycles. The van der Waals surface area contributed by atoms with Gasteiger partial charge in [0, 0.05) is 14.1 Å². The van der Waals surface area contributed by atoms with Gasteiger partial charge in [-0.15, -0.1) is 0 Å². The van der Waals surface area contributed by atoms with Crippen molar-refractivity contribution < 1.29 is 17.9 Å². The minimum Gasteiger partial charge on any atom is -0.457 e. The third-order valence-corrected chi connectivity index (χ3v) is 5.67. The number of sulfonamides is 1. The Bertz CT molecular complexity index is 840. The van der Waals surface area contributed by atoms with Crippen molar-refractivity contribution in [3.8, 4) is 0 Å². The van der Waals surface area contributed by atoms with Gasteiger partial charge in [-0.2, -0.15) is 0 Å². The lowest BCUT2D eigenvalue weighted by Crippen LogP contribution is -2.22. The smallest absolute Gasteiger partial charge is 0.338 e. The molecule has 2 rings (SSSR count). The van der Waals surface area contributed by atoms with Gasteiger partial charge in [-0.05, 0) is 41.3 Å². The van der Waals surface area contributed by atoms with Crippen LogP contribution in [0.2, 0.25) is 0 Å². The van der Waals surface area contributed by atoms with Crippen LogP contribution >= 0.6 is 0 Å². The van der Waals surface area contributed by atoms with Crippen LogP contribution in [0.1, 0.15) is 41.3 Å². The highest BCUT2D eigenvalue weighted by atomic mass is 32.2. The Morgan fingerprint density at radius 2 is 1.72 bits per heavy atom. The van der Waals surface area contributed by atoms with Gasteiger partial charge >= 0.3 is 5.97 Å². The number of nitrogens with zero attached hydrogens (tertiary/aromatic N) is 1. The molecule has 0 amide bonds. The summed E-state index contributed by atoms with van der Waals surface area (Å²) < 4.78 is 30.7. The van der Waals surface area contributed by atoms with Gasteiger partial charge in [-0.1, -0.05) is 38.1 Å². The molecular formula is C19H23NO4S. The van der Waals surface area contributed by atoms with Crippen molar-refractivity contribution in [3.05, 3.63) is 65.2 Å². The number of rotatable bonds is 6. The van der Waals surface area contributed by atoms with Crippen LogP contribution in [0.15, 0.2) is 53.4 Å². The first-order valence-electron chi connectivity index (χ1n) is 8.00. The molecule has 0 bridgehead atoms. The van der Waals surface area contributed by atoms with E-state index >= 15 is 0 Å². The Kier molecular flexibility index (Phi) is 5.98. The Morgan fingerprint density at radius 3 is 2.28 bits per heavy atom. The molecule has 2 aromatic carbocycles.